The molecule has 0 rings (SSSR count). The van der Waals surface area contributed by atoms with Crippen LogP contribution in [-0.2, 0) is 4.79 Å². The second kappa shape index (κ2) is 7.12. The van der Waals surface area contributed by atoms with Crippen molar-refractivity contribution in [2.75, 3.05) is 18.1 Å². The molecule has 0 aromatic rings. The first-order chi connectivity index (χ1) is 6.88. The third-order valence-electron chi connectivity index (χ3n) is 2.07. The Labute approximate surface area is 97.0 Å². The number of amides is 1. The van der Waals surface area contributed by atoms with Crippen LogP contribution in [0.1, 0.15) is 34.1 Å². The van der Waals surface area contributed by atoms with Gasteiger partial charge in [0.15, 0.2) is 0 Å². The molecule has 0 aliphatic heterocycles. The van der Waals surface area contributed by atoms with Crippen LogP contribution in [0.2, 0.25) is 0 Å². The summed E-state index contributed by atoms with van der Waals surface area (Å²) >= 11 is 1.63. The third-order valence-corrected chi connectivity index (χ3v) is 3.24. The second-order valence-corrected chi connectivity index (χ2v) is 5.84. The molecular weight excluding hydrogens is 210 g/mol. The summed E-state index contributed by atoms with van der Waals surface area (Å²) in [5.41, 5.74) is -0.177. The molecule has 15 heavy (non-hydrogen) atoms. The van der Waals surface area contributed by atoms with E-state index in [0.717, 1.165) is 12.2 Å². The second-order valence-electron chi connectivity index (χ2n) is 4.74. The fraction of sp³-hybridized carbons (Fsp3) is 0.909. The summed E-state index contributed by atoms with van der Waals surface area (Å²) in [6.45, 7) is 8.30. The summed E-state index contributed by atoms with van der Waals surface area (Å²) in [6, 6.07) is 0. The Bertz CT molecular complexity index is 190. The van der Waals surface area contributed by atoms with Gasteiger partial charge in [-0.1, -0.05) is 27.7 Å². The average molecular weight is 233 g/mol. The molecule has 0 aliphatic carbocycles. The number of rotatable bonds is 6. The average Bonchev–Trinajstić information content (AvgIpc) is 2.13. The van der Waals surface area contributed by atoms with Crippen molar-refractivity contribution in [3.63, 3.8) is 0 Å². The maximum atomic E-state index is 11.3. The smallest absolute Gasteiger partial charge is 0.230 e. The zero-order valence-corrected chi connectivity index (χ0v) is 11.0. The van der Waals surface area contributed by atoms with Gasteiger partial charge in [-0.05, 0) is 17.6 Å². The molecule has 2 N–H and O–H groups in total. The van der Waals surface area contributed by atoms with Crippen molar-refractivity contribution in [2.45, 2.75) is 40.2 Å². The van der Waals surface area contributed by atoms with Crippen molar-refractivity contribution < 1.29 is 9.90 Å². The third kappa shape index (κ3) is 7.68. The van der Waals surface area contributed by atoms with Gasteiger partial charge in [0.1, 0.15) is 0 Å². The van der Waals surface area contributed by atoms with E-state index < -0.39 is 6.10 Å². The van der Waals surface area contributed by atoms with E-state index in [1.165, 1.54) is 0 Å². The van der Waals surface area contributed by atoms with Gasteiger partial charge in [0.05, 0.1) is 11.9 Å². The summed E-state index contributed by atoms with van der Waals surface area (Å²) in [6.07, 6.45) is 0.598. The minimum Gasteiger partial charge on any atom is -0.391 e. The van der Waals surface area contributed by atoms with E-state index in [1.54, 1.807) is 11.8 Å². The number of hydrogen-bond donors (Lipinski definition) is 2. The zero-order valence-electron chi connectivity index (χ0n) is 10.2. The monoisotopic (exact) mass is 233 g/mol. The fourth-order valence-corrected chi connectivity index (χ4v) is 1.60. The Hall–Kier alpha value is -0.220. The van der Waals surface area contributed by atoms with E-state index in [-0.39, 0.29) is 11.3 Å². The van der Waals surface area contributed by atoms with Gasteiger partial charge in [0, 0.05) is 6.54 Å². The molecule has 1 unspecified atom stereocenters. The summed E-state index contributed by atoms with van der Waals surface area (Å²) < 4.78 is 0. The summed E-state index contributed by atoms with van der Waals surface area (Å²) in [5, 5.41) is 12.4. The van der Waals surface area contributed by atoms with Crippen LogP contribution in [0.5, 0.6) is 0 Å². The van der Waals surface area contributed by atoms with Crippen molar-refractivity contribution in [3.05, 3.63) is 0 Å². The van der Waals surface area contributed by atoms with Gasteiger partial charge in [-0.2, -0.15) is 11.8 Å². The van der Waals surface area contributed by atoms with Crippen LogP contribution >= 0.6 is 11.8 Å². The molecule has 0 heterocycles. The van der Waals surface area contributed by atoms with Crippen molar-refractivity contribution in [2.24, 2.45) is 5.41 Å². The number of aliphatic hydroxyl groups excluding tert-OH is 1. The van der Waals surface area contributed by atoms with Crippen LogP contribution in [0.15, 0.2) is 0 Å². The molecule has 1 atom stereocenters. The molecule has 0 radical (unpaired) electrons. The molecule has 0 spiro atoms. The molecule has 90 valence electrons. The number of carbonyl (C=O) groups is 1. The van der Waals surface area contributed by atoms with Crippen LogP contribution in [0.25, 0.3) is 0 Å². The summed E-state index contributed by atoms with van der Waals surface area (Å²) in [5.74, 6) is 1.51. The van der Waals surface area contributed by atoms with E-state index in [0.29, 0.717) is 12.3 Å². The Morgan fingerprint density at radius 2 is 2.07 bits per heavy atom. The minimum atomic E-state index is -0.488. The number of nitrogens with one attached hydrogen (secondary N) is 1. The molecule has 0 aromatic carbocycles. The first-order valence-electron chi connectivity index (χ1n) is 5.40. The van der Waals surface area contributed by atoms with Crippen molar-refractivity contribution in [3.8, 4) is 0 Å². The Kier molecular flexibility index (Phi) is 7.02. The predicted molar refractivity (Wildman–Crippen MR) is 66.1 cm³/mol. The molecule has 0 aliphatic rings. The van der Waals surface area contributed by atoms with Crippen molar-refractivity contribution in [1.29, 1.82) is 0 Å². The topological polar surface area (TPSA) is 49.3 Å². The van der Waals surface area contributed by atoms with Gasteiger partial charge in [-0.3, -0.25) is 4.79 Å². The molecule has 4 heteroatoms. The van der Waals surface area contributed by atoms with Gasteiger partial charge >= 0.3 is 0 Å². The molecular formula is C11H23NO2S. The minimum absolute atomic E-state index is 0.0109. The highest BCUT2D eigenvalue weighted by atomic mass is 32.2. The summed E-state index contributed by atoms with van der Waals surface area (Å²) in [4.78, 5) is 11.3. The van der Waals surface area contributed by atoms with E-state index in [9.17, 15) is 9.90 Å². The molecule has 0 fully saturated rings. The quantitative estimate of drug-likeness (QED) is 0.686. The van der Waals surface area contributed by atoms with Crippen molar-refractivity contribution in [1.82, 2.24) is 5.32 Å². The Morgan fingerprint density at radius 3 is 2.53 bits per heavy atom. The van der Waals surface area contributed by atoms with Gasteiger partial charge in [0.2, 0.25) is 5.91 Å². The van der Waals surface area contributed by atoms with E-state index in [2.05, 4.69) is 12.2 Å². The highest BCUT2D eigenvalue weighted by molar-refractivity contribution is 7.99. The number of thioether (sulfide) groups is 1. The fourth-order valence-electron chi connectivity index (χ4n) is 0.877. The summed E-state index contributed by atoms with van der Waals surface area (Å²) in [7, 11) is 0. The van der Waals surface area contributed by atoms with Gasteiger partial charge in [-0.25, -0.2) is 0 Å². The maximum absolute atomic E-state index is 11.3. The van der Waals surface area contributed by atoms with Crippen molar-refractivity contribution >= 4 is 17.7 Å². The largest absolute Gasteiger partial charge is 0.391 e. The normalized spacial score (nSPS) is 13.7. The van der Waals surface area contributed by atoms with E-state index >= 15 is 0 Å². The van der Waals surface area contributed by atoms with E-state index in [1.807, 2.05) is 20.8 Å². The molecule has 0 saturated heterocycles. The highest BCUT2D eigenvalue weighted by Crippen LogP contribution is 2.18. The lowest BCUT2D eigenvalue weighted by molar-refractivity contribution is -0.119. The Morgan fingerprint density at radius 1 is 1.47 bits per heavy atom. The lowest BCUT2D eigenvalue weighted by atomic mass is 9.89. The number of aliphatic hydroxyl groups is 1. The van der Waals surface area contributed by atoms with Crippen LogP contribution in [0.4, 0.5) is 0 Å². The predicted octanol–water partition coefficient (Wildman–Crippen LogP) is 1.65. The lowest BCUT2D eigenvalue weighted by Crippen LogP contribution is -2.39. The van der Waals surface area contributed by atoms with Gasteiger partial charge < -0.3 is 10.4 Å². The van der Waals surface area contributed by atoms with Gasteiger partial charge in [-0.15, -0.1) is 0 Å². The SMILES string of the molecule is CCCSCC(=O)NCC(O)C(C)(C)C. The van der Waals surface area contributed by atoms with Crippen LogP contribution < -0.4 is 5.32 Å². The lowest BCUT2D eigenvalue weighted by Gasteiger charge is -2.25. The standard InChI is InChI=1S/C11H23NO2S/c1-5-6-15-8-10(14)12-7-9(13)11(2,3)4/h9,13H,5-8H2,1-4H3,(H,12,14). The molecule has 0 bridgehead atoms. The number of carbonyl (C=O) groups excluding carboxylic acids is 1. The molecule has 0 saturated carbocycles. The molecule has 1 amide bonds. The van der Waals surface area contributed by atoms with Crippen LogP contribution in [0, 0.1) is 5.41 Å². The Balaban J connectivity index is 3.62. The zero-order chi connectivity index (χ0) is 11.9. The highest BCUT2D eigenvalue weighted by Gasteiger charge is 2.22. The number of hydrogen-bond acceptors (Lipinski definition) is 3. The maximum Gasteiger partial charge on any atom is 0.230 e. The van der Waals surface area contributed by atoms with Crippen LogP contribution in [0.3, 0.4) is 0 Å². The van der Waals surface area contributed by atoms with Crippen LogP contribution in [-0.4, -0.2) is 35.2 Å². The van der Waals surface area contributed by atoms with Gasteiger partial charge in [0.25, 0.3) is 0 Å². The first kappa shape index (κ1) is 14.8. The molecule has 3 nitrogen and oxygen atoms in total. The first-order valence-corrected chi connectivity index (χ1v) is 6.56. The molecule has 0 aromatic heterocycles. The van der Waals surface area contributed by atoms with E-state index in [4.69, 9.17) is 0 Å².